The van der Waals surface area contributed by atoms with Gasteiger partial charge in [0.1, 0.15) is 22.8 Å². The van der Waals surface area contributed by atoms with Gasteiger partial charge in [-0.25, -0.2) is 0 Å². The third kappa shape index (κ3) is 4.83. The van der Waals surface area contributed by atoms with E-state index in [1.165, 1.54) is 32.1 Å². The second kappa shape index (κ2) is 11.3. The van der Waals surface area contributed by atoms with Gasteiger partial charge in [-0.1, -0.05) is 91.9 Å². The van der Waals surface area contributed by atoms with Gasteiger partial charge in [0.15, 0.2) is 17.2 Å². The lowest BCUT2D eigenvalue weighted by molar-refractivity contribution is -0.171. The molecule has 0 saturated heterocycles. The number of carbonyl (C=O) groups is 3. The molecule has 4 atom stereocenters. The molecule has 4 aliphatic carbocycles. The van der Waals surface area contributed by atoms with Crippen LogP contribution in [0.1, 0.15) is 126 Å². The molecule has 1 unspecified atom stereocenters. The molecule has 7 nitrogen and oxygen atoms in total. The molecule has 0 bridgehead atoms. The summed E-state index contributed by atoms with van der Waals surface area (Å²) in [5.74, 6) is -4.30. The molecule has 0 aromatic heterocycles. The number of aliphatic hydroxyl groups is 3. The van der Waals surface area contributed by atoms with Crippen LogP contribution in [-0.2, 0) is 22.4 Å². The first kappa shape index (κ1) is 33.2. The molecule has 1 saturated carbocycles. The van der Waals surface area contributed by atoms with Crippen molar-refractivity contribution >= 4 is 17.3 Å². The first-order valence-corrected chi connectivity index (χ1v) is 16.6. The fourth-order valence-corrected chi connectivity index (χ4v) is 9.68. The number of hydrogen-bond acceptors (Lipinski definition) is 7. The van der Waals surface area contributed by atoms with Gasteiger partial charge in [-0.2, -0.15) is 0 Å². The van der Waals surface area contributed by atoms with Crippen LogP contribution < -0.4 is 0 Å². The summed E-state index contributed by atoms with van der Waals surface area (Å²) in [4.78, 5) is 41.2. The summed E-state index contributed by atoms with van der Waals surface area (Å²) < 4.78 is 0. The maximum atomic E-state index is 14.6. The first-order valence-electron chi connectivity index (χ1n) is 16.6. The number of hydrogen-bond donors (Lipinski definition) is 4. The van der Waals surface area contributed by atoms with Crippen LogP contribution in [0.5, 0.6) is 5.75 Å². The molecule has 0 heterocycles. The Hall–Kier alpha value is -3.19. The molecule has 0 amide bonds. The molecular weight excluding hydrogens is 568 g/mol. The van der Waals surface area contributed by atoms with E-state index >= 15 is 0 Å². The summed E-state index contributed by atoms with van der Waals surface area (Å²) in [6.07, 6.45) is 7.72. The smallest absolute Gasteiger partial charge is 0.209 e. The Morgan fingerprint density at radius 3 is 2.22 bits per heavy atom. The monoisotopic (exact) mass is 618 g/mol. The summed E-state index contributed by atoms with van der Waals surface area (Å²) in [6, 6.07) is 1.99. The number of rotatable bonds is 7. The standard InChI is InChI=1S/C38H50O7/c1-19(2)25-16-24(15-21(5)14-23-12-10-9-11-13-23)31(40)28-26(25)17-36(7)18-37(8)29(20(3)4)32(41)27(22(6)39)34(43)38(37,45)35(44)30(36)33(28)42/h16,19-20,23,29,40-41,44-45H,5,9-15,17-18H2,1-4,6-8H3/t29?,36-,37-,38+/m1/s1. The van der Waals surface area contributed by atoms with Crippen LogP contribution in [0.25, 0.3) is 0 Å². The fraction of sp³-hybridized carbons (Fsp3) is 0.605. The quantitative estimate of drug-likeness (QED) is 0.183. The number of aromatic hydroxyl groups is 1. The topological polar surface area (TPSA) is 132 Å². The minimum Gasteiger partial charge on any atom is -0.511 e. The molecule has 244 valence electrons. The Morgan fingerprint density at radius 2 is 1.67 bits per heavy atom. The van der Waals surface area contributed by atoms with Gasteiger partial charge in [0, 0.05) is 22.3 Å². The predicted octanol–water partition coefficient (Wildman–Crippen LogP) is 7.54. The highest BCUT2D eigenvalue weighted by molar-refractivity contribution is 6.25. The van der Waals surface area contributed by atoms with Crippen molar-refractivity contribution in [1.29, 1.82) is 0 Å². The molecule has 5 rings (SSSR count). The van der Waals surface area contributed by atoms with Gasteiger partial charge >= 0.3 is 0 Å². The van der Waals surface area contributed by atoms with Crippen molar-refractivity contribution in [3.05, 3.63) is 63.1 Å². The van der Waals surface area contributed by atoms with Crippen LogP contribution in [0.4, 0.5) is 0 Å². The van der Waals surface area contributed by atoms with Crippen molar-refractivity contribution in [3.63, 3.8) is 0 Å². The van der Waals surface area contributed by atoms with Gasteiger partial charge in [0.05, 0.1) is 5.56 Å². The van der Waals surface area contributed by atoms with E-state index in [4.69, 9.17) is 0 Å². The molecule has 7 heteroatoms. The molecular formula is C38H50O7. The second-order valence-electron chi connectivity index (χ2n) is 15.6. The number of ketones is 3. The Labute approximate surface area is 267 Å². The molecule has 4 aliphatic rings. The Morgan fingerprint density at radius 1 is 1.04 bits per heavy atom. The van der Waals surface area contributed by atoms with Crippen LogP contribution in [-0.4, -0.2) is 43.4 Å². The molecule has 1 aromatic carbocycles. The van der Waals surface area contributed by atoms with Crippen LogP contribution in [0.3, 0.4) is 0 Å². The van der Waals surface area contributed by atoms with Crippen molar-refractivity contribution < 1.29 is 34.8 Å². The minimum atomic E-state index is -2.61. The Kier molecular flexibility index (Phi) is 8.30. The Balaban J connectivity index is 1.68. The van der Waals surface area contributed by atoms with Crippen molar-refractivity contribution in [2.24, 2.45) is 28.6 Å². The Bertz CT molecular complexity index is 1550. The molecule has 0 spiro atoms. The number of allylic oxidation sites excluding steroid dienone is 3. The lowest BCUT2D eigenvalue weighted by Crippen LogP contribution is -2.67. The number of carbonyl (C=O) groups excluding carboxylic acids is 3. The minimum absolute atomic E-state index is 0.0288. The molecule has 1 aromatic rings. The predicted molar refractivity (Wildman–Crippen MR) is 173 cm³/mol. The number of fused-ring (bicyclic) bond motifs is 3. The summed E-state index contributed by atoms with van der Waals surface area (Å²) >= 11 is 0. The normalized spacial score (nSPS) is 30.5. The third-order valence-corrected chi connectivity index (χ3v) is 11.5. The zero-order chi connectivity index (χ0) is 33.4. The van der Waals surface area contributed by atoms with Gasteiger partial charge in [0.25, 0.3) is 0 Å². The lowest BCUT2D eigenvalue weighted by Gasteiger charge is -2.59. The zero-order valence-electron chi connectivity index (χ0n) is 28.0. The lowest BCUT2D eigenvalue weighted by atomic mass is 9.44. The summed E-state index contributed by atoms with van der Waals surface area (Å²) in [5.41, 5.74) is -2.39. The van der Waals surface area contributed by atoms with Crippen LogP contribution in [0.2, 0.25) is 0 Å². The number of phenolic OH excluding ortho intramolecular Hbond substituents is 1. The van der Waals surface area contributed by atoms with E-state index < -0.39 is 51.0 Å². The number of Topliss-reactive ketones (excluding diaryl/α,β-unsaturated/α-hetero) is 3. The first-order chi connectivity index (χ1) is 20.9. The van der Waals surface area contributed by atoms with Crippen molar-refractivity contribution in [2.45, 2.75) is 118 Å². The maximum absolute atomic E-state index is 14.6. The van der Waals surface area contributed by atoms with Crippen molar-refractivity contribution in [3.8, 4) is 5.75 Å². The van der Waals surface area contributed by atoms with Gasteiger partial charge in [-0.05, 0) is 67.1 Å². The number of phenols is 1. The van der Waals surface area contributed by atoms with E-state index in [9.17, 15) is 34.8 Å². The molecule has 4 N–H and O–H groups in total. The fourth-order valence-electron chi connectivity index (χ4n) is 9.68. The number of aliphatic hydroxyl groups excluding tert-OH is 2. The SMILES string of the molecule is C=C(Cc1cc(C(C)C)c2c(c1O)C(=O)C1=C(O)[C@@]3(O)C(=O)C(C(C)=O)=C(O)C(C(C)C)[C@@]3(C)C[C@@]1(C)C2)CC1CCCCC1. The van der Waals surface area contributed by atoms with Gasteiger partial charge in [-0.15, -0.1) is 0 Å². The molecule has 45 heavy (non-hydrogen) atoms. The van der Waals surface area contributed by atoms with E-state index in [2.05, 4.69) is 6.58 Å². The summed E-state index contributed by atoms with van der Waals surface area (Å²) in [5, 5.41) is 47.3. The highest BCUT2D eigenvalue weighted by atomic mass is 16.3. The van der Waals surface area contributed by atoms with E-state index in [0.717, 1.165) is 24.5 Å². The highest BCUT2D eigenvalue weighted by Crippen LogP contribution is 2.65. The molecule has 0 radical (unpaired) electrons. The van der Waals surface area contributed by atoms with Crippen LogP contribution in [0, 0.1) is 28.6 Å². The third-order valence-electron chi connectivity index (χ3n) is 11.5. The van der Waals surface area contributed by atoms with Gasteiger partial charge in [0.2, 0.25) is 5.78 Å². The second-order valence-corrected chi connectivity index (χ2v) is 15.6. The zero-order valence-corrected chi connectivity index (χ0v) is 28.0. The summed E-state index contributed by atoms with van der Waals surface area (Å²) in [7, 11) is 0. The largest absolute Gasteiger partial charge is 0.511 e. The number of benzene rings is 1. The summed E-state index contributed by atoms with van der Waals surface area (Å²) in [6.45, 7) is 16.7. The van der Waals surface area contributed by atoms with Crippen molar-refractivity contribution in [2.75, 3.05) is 0 Å². The van der Waals surface area contributed by atoms with E-state index in [1.54, 1.807) is 6.92 Å². The maximum Gasteiger partial charge on any atom is 0.209 e. The van der Waals surface area contributed by atoms with Crippen molar-refractivity contribution in [1.82, 2.24) is 0 Å². The van der Waals surface area contributed by atoms with E-state index in [-0.39, 0.29) is 47.3 Å². The van der Waals surface area contributed by atoms with Crippen LogP contribution in [0.15, 0.2) is 40.9 Å². The van der Waals surface area contributed by atoms with E-state index in [0.29, 0.717) is 23.5 Å². The average molecular weight is 619 g/mol. The van der Waals surface area contributed by atoms with Gasteiger partial charge < -0.3 is 20.4 Å². The highest BCUT2D eigenvalue weighted by Gasteiger charge is 2.71. The van der Waals surface area contributed by atoms with E-state index in [1.807, 2.05) is 40.7 Å². The van der Waals surface area contributed by atoms with Gasteiger partial charge in [-0.3, -0.25) is 14.4 Å². The average Bonchev–Trinajstić information content (AvgIpc) is 2.92. The van der Waals surface area contributed by atoms with Crippen LogP contribution >= 0.6 is 0 Å². The molecule has 1 fully saturated rings. The molecule has 0 aliphatic heterocycles.